The Balaban J connectivity index is 0.534. The van der Waals surface area contributed by atoms with Gasteiger partial charge in [-0.05, 0) is 129 Å². The van der Waals surface area contributed by atoms with E-state index in [9.17, 15) is 9.59 Å². The van der Waals surface area contributed by atoms with Crippen LogP contribution in [0.25, 0.3) is 44.6 Å². The highest BCUT2D eigenvalue weighted by Crippen LogP contribution is 2.44. The minimum Gasteiger partial charge on any atom is -0.489 e. The van der Waals surface area contributed by atoms with Crippen molar-refractivity contribution >= 4 is 33.8 Å². The Hall–Kier alpha value is -15.8. The van der Waals surface area contributed by atoms with Crippen LogP contribution in [0.3, 0.4) is 0 Å². The van der Waals surface area contributed by atoms with E-state index in [0.717, 1.165) is 44.5 Å². The average molecular weight is 1720 g/mol. The predicted molar refractivity (Wildman–Crippen MR) is 492 cm³/mol. The maximum atomic E-state index is 15.3. The zero-order valence-electron chi connectivity index (χ0n) is 70.6. The van der Waals surface area contributed by atoms with Crippen LogP contribution in [0.15, 0.2) is 370 Å². The van der Waals surface area contributed by atoms with Crippen LogP contribution in [-0.4, -0.2) is 64.5 Å². The lowest BCUT2D eigenvalue weighted by Gasteiger charge is -2.17. The smallest absolute Gasteiger partial charge is 0.251 e. The van der Waals surface area contributed by atoms with Crippen molar-refractivity contribution in [3.05, 3.63) is 428 Å². The molecule has 0 fully saturated rings. The zero-order chi connectivity index (χ0) is 88.0. The van der Waals surface area contributed by atoms with Crippen molar-refractivity contribution in [2.75, 3.05) is 52.7 Å². The summed E-state index contributed by atoms with van der Waals surface area (Å²) in [5.74, 6) is 3.32. The molecule has 648 valence electrons. The molecule has 0 bridgehead atoms. The summed E-state index contributed by atoms with van der Waals surface area (Å²) in [5, 5.41) is 6.08. The number of carbonyl (C=O) groups excluding carboxylic acids is 2. The van der Waals surface area contributed by atoms with Gasteiger partial charge >= 0.3 is 0 Å². The van der Waals surface area contributed by atoms with E-state index in [1.807, 2.05) is 243 Å². The molecule has 16 rings (SSSR count). The number of hydrogen-bond acceptors (Lipinski definition) is 19. The van der Waals surface area contributed by atoms with E-state index in [0.29, 0.717) is 68.2 Å². The van der Waals surface area contributed by atoms with Crippen LogP contribution >= 0.6 is 0 Å². The fourth-order valence-electron chi connectivity index (χ4n) is 14.0. The van der Waals surface area contributed by atoms with Crippen molar-refractivity contribution in [3.8, 4) is 91.6 Å². The molecular weight excluding hydrogens is 1630 g/mol. The van der Waals surface area contributed by atoms with Crippen LogP contribution in [0, 0.1) is 0 Å². The molecule has 0 saturated carbocycles. The van der Waals surface area contributed by atoms with Crippen LogP contribution < -0.4 is 73.6 Å². The van der Waals surface area contributed by atoms with Gasteiger partial charge in [-0.2, -0.15) is 0 Å². The molecule has 129 heavy (non-hydrogen) atoms. The third-order valence-electron chi connectivity index (χ3n) is 20.6. The van der Waals surface area contributed by atoms with Gasteiger partial charge in [-0.3, -0.25) is 19.2 Å². The summed E-state index contributed by atoms with van der Waals surface area (Å²) < 4.78 is 96.0. The first-order valence-electron chi connectivity index (χ1n) is 42.4. The van der Waals surface area contributed by atoms with Crippen LogP contribution in [-0.2, 0) is 62.3 Å². The molecule has 0 atom stereocenters. The van der Waals surface area contributed by atoms with Gasteiger partial charge < -0.3 is 81.0 Å². The molecule has 0 unspecified atom stereocenters. The zero-order valence-corrected chi connectivity index (χ0v) is 70.6. The summed E-state index contributed by atoms with van der Waals surface area (Å²) in [6, 6.07) is 109. The standard InChI is InChI=1S/C108H92N2O19/c111-101-99-95(125-73-81-37-21-7-22-38-81)63-89(119-67-75-25-9-1-10-26-75)65-97(99)128-103(85-45-51-91(121-69-77-29-13-3-14-30-77)93(61-85)123-71-79-33-17-5-18-34-79)105(101)117-59-57-115-55-53-109-107(113)83-41-47-87(48-42-83)127-88-49-43-84(44-50-88)108(114)110-54-56-116-58-60-118-106-102(112)100-96(126-74-82-39-23-8-24-40-82)64-90(120-68-76-27-11-2-12-28-76)66-98(100)129-104(106)86-46-52-92(122-70-78-31-15-4-16-32-78)94(62-86)124-72-80-35-19-6-20-36-80/h1-52,61-66H,53-60,67-74H2,(H,109,113)(H,110,114). The summed E-state index contributed by atoms with van der Waals surface area (Å²) in [6.45, 7) is 2.20. The maximum absolute atomic E-state index is 15.3. The second kappa shape index (κ2) is 44.2. The van der Waals surface area contributed by atoms with Crippen LogP contribution in [0.5, 0.6) is 69.0 Å². The van der Waals surface area contributed by atoms with Crippen molar-refractivity contribution in [1.82, 2.24) is 10.6 Å². The van der Waals surface area contributed by atoms with E-state index in [4.69, 9.17) is 70.4 Å². The number of benzene rings is 14. The number of amides is 2. The Morgan fingerprint density at radius 2 is 0.527 bits per heavy atom. The third kappa shape index (κ3) is 24.0. The number of hydrogen-bond donors (Lipinski definition) is 2. The molecule has 0 aliphatic carbocycles. The van der Waals surface area contributed by atoms with Gasteiger partial charge in [0.2, 0.25) is 22.4 Å². The highest BCUT2D eigenvalue weighted by molar-refractivity contribution is 5.95. The highest BCUT2D eigenvalue weighted by atomic mass is 16.5. The fourth-order valence-corrected chi connectivity index (χ4v) is 14.0. The third-order valence-corrected chi connectivity index (χ3v) is 20.6. The van der Waals surface area contributed by atoms with Crippen LogP contribution in [0.2, 0.25) is 0 Å². The van der Waals surface area contributed by atoms with Gasteiger partial charge in [-0.1, -0.05) is 243 Å². The van der Waals surface area contributed by atoms with Gasteiger partial charge in [-0.15, -0.1) is 0 Å². The lowest BCUT2D eigenvalue weighted by Crippen LogP contribution is -2.27. The van der Waals surface area contributed by atoms with E-state index < -0.39 is 10.9 Å². The molecular formula is C108H92N2O19. The van der Waals surface area contributed by atoms with Gasteiger partial charge in [0.05, 0.1) is 26.4 Å². The first-order valence-corrected chi connectivity index (χ1v) is 42.4. The number of carbonyl (C=O) groups is 2. The first kappa shape index (κ1) is 86.7. The molecule has 21 nitrogen and oxygen atoms in total. The van der Waals surface area contributed by atoms with Gasteiger partial charge in [0.15, 0.2) is 34.5 Å². The average Bonchev–Trinajstić information content (AvgIpc) is 0.758. The van der Waals surface area contributed by atoms with Crippen LogP contribution in [0.4, 0.5) is 0 Å². The molecule has 2 N–H and O–H groups in total. The molecule has 2 aromatic heterocycles. The molecule has 0 aliphatic rings. The molecule has 0 radical (unpaired) electrons. The number of ether oxygens (including phenoxy) is 13. The van der Waals surface area contributed by atoms with Crippen molar-refractivity contribution in [2.45, 2.75) is 52.9 Å². The SMILES string of the molecule is O=C(NCCOCCOc1c(-c2ccc(OCc3ccccc3)c(OCc3ccccc3)c2)oc2cc(OCc3ccccc3)cc(OCc3ccccc3)c2c1=O)c1ccc(Oc2ccc(C(=O)NCCOCCOc3c(-c4ccc(OCc5ccccc5)c(OCc5ccccc5)c4)oc4cc(OCc5ccccc5)cc(OCc5ccccc5)c4c3=O)cc2)cc1. The van der Waals surface area contributed by atoms with E-state index in [1.165, 1.54) is 0 Å². The van der Waals surface area contributed by atoms with E-state index in [1.54, 1.807) is 109 Å². The molecule has 14 aromatic carbocycles. The number of rotatable bonds is 44. The van der Waals surface area contributed by atoms with Crippen molar-refractivity contribution in [1.29, 1.82) is 0 Å². The molecule has 21 heteroatoms. The second-order valence-electron chi connectivity index (χ2n) is 29.9. The predicted octanol–water partition coefficient (Wildman–Crippen LogP) is 21.3. The normalized spacial score (nSPS) is 11.0. The van der Waals surface area contributed by atoms with Gasteiger partial charge in [0, 0.05) is 59.6 Å². The Bertz CT molecular complexity index is 6080. The largest absolute Gasteiger partial charge is 0.489 e. The Morgan fingerprint density at radius 1 is 0.248 bits per heavy atom. The number of nitrogens with one attached hydrogen (secondary N) is 2. The van der Waals surface area contributed by atoms with Gasteiger partial charge in [-0.25, -0.2) is 0 Å². The van der Waals surface area contributed by atoms with E-state index in [2.05, 4.69) is 10.6 Å². The quantitative estimate of drug-likeness (QED) is 0.0337. The van der Waals surface area contributed by atoms with Crippen LogP contribution in [0.1, 0.15) is 65.2 Å². The fraction of sp³-hybridized carbons (Fsp3) is 0.148. The van der Waals surface area contributed by atoms with E-state index >= 15 is 9.59 Å². The summed E-state index contributed by atoms with van der Waals surface area (Å²) in [7, 11) is 0. The first-order chi connectivity index (χ1) is 63.6. The molecule has 0 saturated heterocycles. The topological polar surface area (TPSA) is 239 Å². The molecule has 2 amide bonds. The minimum atomic E-state index is -0.494. The van der Waals surface area contributed by atoms with Crippen molar-refractivity contribution in [2.24, 2.45) is 0 Å². The van der Waals surface area contributed by atoms with Crippen molar-refractivity contribution < 1.29 is 80.0 Å². The summed E-state index contributed by atoms with van der Waals surface area (Å²) >= 11 is 0. The van der Waals surface area contributed by atoms with Gasteiger partial charge in [0.1, 0.15) is 123 Å². The Labute approximate surface area is 745 Å². The molecule has 2 heterocycles. The molecule has 16 aromatic rings. The summed E-state index contributed by atoms with van der Waals surface area (Å²) in [6.07, 6.45) is 0. The molecule has 0 aliphatic heterocycles. The lowest BCUT2D eigenvalue weighted by molar-refractivity contribution is 0.0860. The summed E-state index contributed by atoms with van der Waals surface area (Å²) in [5.41, 5.74) is 8.53. The monoisotopic (exact) mass is 1720 g/mol. The van der Waals surface area contributed by atoms with E-state index in [-0.39, 0.29) is 174 Å². The second-order valence-corrected chi connectivity index (χ2v) is 29.9. The minimum absolute atomic E-state index is 0.0304. The summed E-state index contributed by atoms with van der Waals surface area (Å²) in [4.78, 5) is 57.5. The Morgan fingerprint density at radius 3 is 0.829 bits per heavy atom. The van der Waals surface area contributed by atoms with Crippen molar-refractivity contribution in [3.63, 3.8) is 0 Å². The molecule has 0 spiro atoms. The highest BCUT2D eigenvalue weighted by Gasteiger charge is 2.27. The van der Waals surface area contributed by atoms with Gasteiger partial charge in [0.25, 0.3) is 11.8 Å². The maximum Gasteiger partial charge on any atom is 0.251 e. The Kier molecular flexibility index (Phi) is 29.7. The number of fused-ring (bicyclic) bond motifs is 2. The lowest BCUT2D eigenvalue weighted by atomic mass is 10.1.